The summed E-state index contributed by atoms with van der Waals surface area (Å²) >= 11 is 0. The zero-order valence-electron chi connectivity index (χ0n) is 11.2. The SMILES string of the molecule is COC(=O)[C@@]12C=CC(=O)C[C@@H]1[C@H](O)C=C[C@@H]2OC(C)=O. The molecule has 0 saturated carbocycles. The van der Waals surface area contributed by atoms with Gasteiger partial charge in [-0.05, 0) is 12.2 Å². The maximum Gasteiger partial charge on any atom is 0.320 e. The Balaban J connectivity index is 2.54. The first-order chi connectivity index (χ1) is 9.41. The highest BCUT2D eigenvalue weighted by atomic mass is 16.6. The number of aliphatic hydroxyl groups is 1. The van der Waals surface area contributed by atoms with Gasteiger partial charge in [0.25, 0.3) is 0 Å². The molecule has 0 spiro atoms. The highest BCUT2D eigenvalue weighted by molar-refractivity contribution is 5.95. The molecule has 0 aliphatic heterocycles. The van der Waals surface area contributed by atoms with Gasteiger partial charge in [-0.1, -0.05) is 12.2 Å². The molecule has 1 N–H and O–H groups in total. The predicted octanol–water partition coefficient (Wildman–Crippen LogP) is 0.153. The molecule has 0 saturated heterocycles. The zero-order valence-corrected chi connectivity index (χ0v) is 11.2. The third-order valence-electron chi connectivity index (χ3n) is 3.78. The van der Waals surface area contributed by atoms with E-state index in [4.69, 9.17) is 9.47 Å². The topological polar surface area (TPSA) is 89.9 Å². The number of fused-ring (bicyclic) bond motifs is 1. The monoisotopic (exact) mass is 280 g/mol. The second-order valence-electron chi connectivity index (χ2n) is 4.94. The summed E-state index contributed by atoms with van der Waals surface area (Å²) in [5, 5.41) is 10.1. The Hall–Kier alpha value is -1.95. The fourth-order valence-electron chi connectivity index (χ4n) is 2.85. The van der Waals surface area contributed by atoms with Crippen molar-refractivity contribution in [3.8, 4) is 0 Å². The van der Waals surface area contributed by atoms with Gasteiger partial charge in [0.1, 0.15) is 11.5 Å². The van der Waals surface area contributed by atoms with E-state index in [2.05, 4.69) is 0 Å². The standard InChI is InChI=1S/C14H16O6/c1-8(15)20-12-4-3-11(17)10-7-9(16)5-6-14(10,12)13(18)19-2/h3-6,10-12,17H,7H2,1-2H3/t10-,11-,12+,14+/m1/s1. The molecule has 2 aliphatic rings. The van der Waals surface area contributed by atoms with E-state index in [-0.39, 0.29) is 12.2 Å². The normalized spacial score (nSPS) is 35.4. The zero-order chi connectivity index (χ0) is 14.9. The van der Waals surface area contributed by atoms with Crippen LogP contribution in [-0.2, 0) is 23.9 Å². The van der Waals surface area contributed by atoms with Crippen LogP contribution >= 0.6 is 0 Å². The number of hydrogen-bond acceptors (Lipinski definition) is 6. The van der Waals surface area contributed by atoms with Crippen LogP contribution in [0.1, 0.15) is 13.3 Å². The van der Waals surface area contributed by atoms with Crippen LogP contribution in [0.15, 0.2) is 24.3 Å². The molecule has 0 amide bonds. The molecular weight excluding hydrogens is 264 g/mol. The molecule has 4 atom stereocenters. The molecule has 108 valence electrons. The number of ether oxygens (including phenoxy) is 2. The molecular formula is C14H16O6. The average Bonchev–Trinajstić information content (AvgIpc) is 2.41. The predicted molar refractivity (Wildman–Crippen MR) is 67.4 cm³/mol. The van der Waals surface area contributed by atoms with Crippen LogP contribution in [0.2, 0.25) is 0 Å². The molecule has 2 rings (SSSR count). The van der Waals surface area contributed by atoms with Crippen molar-refractivity contribution in [2.24, 2.45) is 11.3 Å². The largest absolute Gasteiger partial charge is 0.468 e. The van der Waals surface area contributed by atoms with Crippen LogP contribution in [0.25, 0.3) is 0 Å². The van der Waals surface area contributed by atoms with Gasteiger partial charge < -0.3 is 14.6 Å². The summed E-state index contributed by atoms with van der Waals surface area (Å²) in [4.78, 5) is 35.0. The minimum absolute atomic E-state index is 0.00509. The first kappa shape index (κ1) is 14.5. The third kappa shape index (κ3) is 2.16. The maximum atomic E-state index is 12.2. The van der Waals surface area contributed by atoms with Gasteiger partial charge in [0, 0.05) is 19.3 Å². The molecule has 0 radical (unpaired) electrons. The lowest BCUT2D eigenvalue weighted by Crippen LogP contribution is -2.55. The number of carbonyl (C=O) groups excluding carboxylic acids is 3. The first-order valence-corrected chi connectivity index (χ1v) is 6.26. The maximum absolute atomic E-state index is 12.2. The Morgan fingerprint density at radius 2 is 2.10 bits per heavy atom. The molecule has 0 bridgehead atoms. The van der Waals surface area contributed by atoms with E-state index < -0.39 is 35.5 Å². The number of hydrogen-bond donors (Lipinski definition) is 1. The van der Waals surface area contributed by atoms with Crippen molar-refractivity contribution in [1.29, 1.82) is 0 Å². The van der Waals surface area contributed by atoms with Crippen LogP contribution in [0.3, 0.4) is 0 Å². The Kier molecular flexibility index (Phi) is 3.76. The minimum atomic E-state index is -1.36. The number of rotatable bonds is 2. The fourth-order valence-corrected chi connectivity index (χ4v) is 2.85. The minimum Gasteiger partial charge on any atom is -0.468 e. The van der Waals surface area contributed by atoms with Gasteiger partial charge in [-0.25, -0.2) is 0 Å². The van der Waals surface area contributed by atoms with E-state index in [1.807, 2.05) is 0 Å². The van der Waals surface area contributed by atoms with E-state index in [0.29, 0.717) is 0 Å². The van der Waals surface area contributed by atoms with Crippen LogP contribution < -0.4 is 0 Å². The summed E-state index contributed by atoms with van der Waals surface area (Å²) in [6, 6.07) is 0. The average molecular weight is 280 g/mol. The molecule has 6 heteroatoms. The van der Waals surface area contributed by atoms with Crippen LogP contribution in [0, 0.1) is 11.3 Å². The fraction of sp³-hybridized carbons (Fsp3) is 0.500. The Morgan fingerprint density at radius 3 is 2.70 bits per heavy atom. The van der Waals surface area contributed by atoms with E-state index in [0.717, 1.165) is 0 Å². The van der Waals surface area contributed by atoms with Crippen molar-refractivity contribution >= 4 is 17.7 Å². The summed E-state index contributed by atoms with van der Waals surface area (Å²) in [5.74, 6) is -2.09. The van der Waals surface area contributed by atoms with Crippen molar-refractivity contribution in [1.82, 2.24) is 0 Å². The first-order valence-electron chi connectivity index (χ1n) is 6.26. The molecule has 0 fully saturated rings. The van der Waals surface area contributed by atoms with Crippen molar-refractivity contribution in [3.05, 3.63) is 24.3 Å². The lowest BCUT2D eigenvalue weighted by molar-refractivity contribution is -0.172. The lowest BCUT2D eigenvalue weighted by atomic mass is 9.61. The van der Waals surface area contributed by atoms with Crippen molar-refractivity contribution in [2.75, 3.05) is 7.11 Å². The molecule has 20 heavy (non-hydrogen) atoms. The van der Waals surface area contributed by atoms with E-state index >= 15 is 0 Å². The second kappa shape index (κ2) is 5.20. The number of allylic oxidation sites excluding steroid dienone is 1. The molecule has 0 aromatic heterocycles. The van der Waals surface area contributed by atoms with Gasteiger partial charge in [-0.3, -0.25) is 14.4 Å². The lowest BCUT2D eigenvalue weighted by Gasteiger charge is -2.45. The van der Waals surface area contributed by atoms with E-state index in [1.165, 1.54) is 38.3 Å². The molecule has 6 nitrogen and oxygen atoms in total. The molecule has 0 aromatic rings. The highest BCUT2D eigenvalue weighted by Crippen LogP contribution is 2.46. The molecule has 0 heterocycles. The quantitative estimate of drug-likeness (QED) is 0.572. The summed E-state index contributed by atoms with van der Waals surface area (Å²) in [5.41, 5.74) is -1.36. The summed E-state index contributed by atoms with van der Waals surface area (Å²) in [6.07, 6.45) is 3.67. The summed E-state index contributed by atoms with van der Waals surface area (Å²) < 4.78 is 9.98. The van der Waals surface area contributed by atoms with Crippen molar-refractivity contribution < 1.29 is 29.0 Å². The smallest absolute Gasteiger partial charge is 0.320 e. The Labute approximate surface area is 116 Å². The van der Waals surface area contributed by atoms with E-state index in [1.54, 1.807) is 0 Å². The van der Waals surface area contributed by atoms with Crippen LogP contribution in [-0.4, -0.2) is 42.1 Å². The summed E-state index contributed by atoms with van der Waals surface area (Å²) in [6.45, 7) is 1.23. The van der Waals surface area contributed by atoms with Gasteiger partial charge in [-0.15, -0.1) is 0 Å². The van der Waals surface area contributed by atoms with Crippen LogP contribution in [0.5, 0.6) is 0 Å². The Bertz CT molecular complexity index is 506. The van der Waals surface area contributed by atoms with Gasteiger partial charge in [0.05, 0.1) is 13.2 Å². The number of esters is 2. The van der Waals surface area contributed by atoms with Gasteiger partial charge in [0.2, 0.25) is 0 Å². The molecule has 0 unspecified atom stereocenters. The Morgan fingerprint density at radius 1 is 1.40 bits per heavy atom. The number of carbonyl (C=O) groups is 3. The van der Waals surface area contributed by atoms with Crippen molar-refractivity contribution in [3.63, 3.8) is 0 Å². The summed E-state index contributed by atoms with van der Waals surface area (Å²) in [7, 11) is 1.22. The number of ketones is 1. The third-order valence-corrected chi connectivity index (χ3v) is 3.78. The molecule has 0 aromatic carbocycles. The highest BCUT2D eigenvalue weighted by Gasteiger charge is 2.57. The second-order valence-corrected chi connectivity index (χ2v) is 4.94. The number of methoxy groups -OCH3 is 1. The number of aliphatic hydroxyl groups excluding tert-OH is 1. The van der Waals surface area contributed by atoms with E-state index in [9.17, 15) is 19.5 Å². The molecule has 2 aliphatic carbocycles. The van der Waals surface area contributed by atoms with Gasteiger partial charge in [-0.2, -0.15) is 0 Å². The van der Waals surface area contributed by atoms with Gasteiger partial charge in [0.15, 0.2) is 5.78 Å². The van der Waals surface area contributed by atoms with Crippen LogP contribution in [0.4, 0.5) is 0 Å². The van der Waals surface area contributed by atoms with Crippen molar-refractivity contribution in [2.45, 2.75) is 25.6 Å². The van der Waals surface area contributed by atoms with Gasteiger partial charge >= 0.3 is 11.9 Å².